The maximum atomic E-state index is 13.7. The van der Waals surface area contributed by atoms with E-state index < -0.39 is 5.41 Å². The fourth-order valence-electron chi connectivity index (χ4n) is 4.69. The Bertz CT molecular complexity index is 1270. The molecule has 2 N–H and O–H groups in total. The van der Waals surface area contributed by atoms with E-state index >= 15 is 0 Å². The number of amides is 2. The van der Waals surface area contributed by atoms with Crippen molar-refractivity contribution in [2.45, 2.75) is 25.2 Å². The lowest BCUT2D eigenvalue weighted by Gasteiger charge is -2.40. The van der Waals surface area contributed by atoms with E-state index in [-0.39, 0.29) is 11.8 Å². The molecule has 2 heterocycles. The molecule has 1 saturated heterocycles. The Hall–Kier alpha value is -3.93. The van der Waals surface area contributed by atoms with Gasteiger partial charge in [0.25, 0.3) is 0 Å². The summed E-state index contributed by atoms with van der Waals surface area (Å²) < 4.78 is 0. The van der Waals surface area contributed by atoms with E-state index in [2.05, 4.69) is 15.3 Å². The van der Waals surface area contributed by atoms with Crippen molar-refractivity contribution in [3.05, 3.63) is 84.4 Å². The molecule has 0 radical (unpaired) electrons. The third-order valence-corrected chi connectivity index (χ3v) is 6.61. The lowest BCUT2D eigenvalue weighted by molar-refractivity contribution is -0.133. The Balaban J connectivity index is 1.43. The number of anilines is 1. The largest absolute Gasteiger partial charge is 0.343 e. The van der Waals surface area contributed by atoms with Crippen molar-refractivity contribution in [1.29, 1.82) is 0 Å². The smallest absolute Gasteiger partial charge is 0.235 e. The van der Waals surface area contributed by atoms with Gasteiger partial charge in [0.1, 0.15) is 5.82 Å². The summed E-state index contributed by atoms with van der Waals surface area (Å²) >= 11 is 0. The molecule has 1 aromatic heterocycles. The quantitative estimate of drug-likeness (QED) is 0.483. The van der Waals surface area contributed by atoms with Gasteiger partial charge >= 0.3 is 0 Å². The maximum absolute atomic E-state index is 13.7. The third-order valence-electron chi connectivity index (χ3n) is 6.61. The van der Waals surface area contributed by atoms with Crippen LogP contribution in [0.25, 0.3) is 22.4 Å². The number of piperidine rings is 1. The van der Waals surface area contributed by atoms with E-state index in [1.807, 2.05) is 83.8 Å². The number of aromatic amines is 1. The van der Waals surface area contributed by atoms with Crippen LogP contribution in [0.2, 0.25) is 0 Å². The van der Waals surface area contributed by atoms with Gasteiger partial charge in [0.05, 0.1) is 16.4 Å². The monoisotopic (exact) mass is 438 g/mol. The summed E-state index contributed by atoms with van der Waals surface area (Å²) in [6.07, 6.45) is 1.18. The van der Waals surface area contributed by atoms with Gasteiger partial charge in [0, 0.05) is 31.3 Å². The summed E-state index contributed by atoms with van der Waals surface area (Å²) in [6.45, 7) is 2.71. The summed E-state index contributed by atoms with van der Waals surface area (Å²) in [5.41, 5.74) is 3.82. The predicted octanol–water partition coefficient (Wildman–Crippen LogP) is 4.75. The van der Waals surface area contributed by atoms with Crippen molar-refractivity contribution in [3.63, 3.8) is 0 Å². The van der Waals surface area contributed by atoms with Crippen LogP contribution in [0.4, 0.5) is 5.69 Å². The third kappa shape index (κ3) is 4.00. The second-order valence-electron chi connectivity index (χ2n) is 8.59. The zero-order valence-electron chi connectivity index (χ0n) is 18.5. The van der Waals surface area contributed by atoms with Crippen molar-refractivity contribution in [1.82, 2.24) is 14.9 Å². The van der Waals surface area contributed by atoms with Gasteiger partial charge in [-0.3, -0.25) is 9.59 Å². The molecule has 33 heavy (non-hydrogen) atoms. The number of para-hydroxylation sites is 2. The molecule has 5 rings (SSSR count). The number of benzene rings is 3. The summed E-state index contributed by atoms with van der Waals surface area (Å²) in [4.78, 5) is 35.4. The molecule has 1 fully saturated rings. The second-order valence-corrected chi connectivity index (χ2v) is 8.59. The topological polar surface area (TPSA) is 78.1 Å². The average Bonchev–Trinajstić information content (AvgIpc) is 3.29. The highest BCUT2D eigenvalue weighted by Gasteiger charge is 2.43. The van der Waals surface area contributed by atoms with E-state index in [9.17, 15) is 9.59 Å². The molecule has 0 saturated carbocycles. The van der Waals surface area contributed by atoms with Crippen molar-refractivity contribution >= 4 is 28.5 Å². The second kappa shape index (κ2) is 8.54. The van der Waals surface area contributed by atoms with Crippen LogP contribution in [-0.2, 0) is 15.0 Å². The van der Waals surface area contributed by atoms with Crippen LogP contribution in [0.1, 0.15) is 25.3 Å². The number of rotatable bonds is 4. The van der Waals surface area contributed by atoms with Gasteiger partial charge in [-0.2, -0.15) is 0 Å². The minimum absolute atomic E-state index is 0.0429. The molecule has 1 aliphatic rings. The number of likely N-dealkylation sites (tertiary alicyclic amines) is 1. The molecule has 3 aromatic carbocycles. The van der Waals surface area contributed by atoms with Gasteiger partial charge in [-0.05, 0) is 42.7 Å². The fourth-order valence-corrected chi connectivity index (χ4v) is 4.69. The zero-order valence-corrected chi connectivity index (χ0v) is 18.5. The number of hydrogen-bond donors (Lipinski definition) is 2. The van der Waals surface area contributed by atoms with E-state index in [0.717, 1.165) is 33.7 Å². The van der Waals surface area contributed by atoms with Gasteiger partial charge < -0.3 is 15.2 Å². The number of nitrogens with zero attached hydrogens (tertiary/aromatic N) is 2. The Morgan fingerprint density at radius 1 is 0.939 bits per heavy atom. The van der Waals surface area contributed by atoms with Crippen LogP contribution in [-0.4, -0.2) is 39.8 Å². The van der Waals surface area contributed by atoms with Crippen molar-refractivity contribution in [2.75, 3.05) is 18.4 Å². The van der Waals surface area contributed by atoms with E-state index in [1.165, 1.54) is 0 Å². The lowest BCUT2D eigenvalue weighted by atomic mass is 9.72. The number of fused-ring (bicyclic) bond motifs is 1. The molecular formula is C27H26N4O2. The predicted molar refractivity (Wildman–Crippen MR) is 130 cm³/mol. The first-order valence-electron chi connectivity index (χ1n) is 11.2. The number of nitrogens with one attached hydrogen (secondary N) is 2. The highest BCUT2D eigenvalue weighted by molar-refractivity contribution is 6.00. The number of H-pyrrole nitrogens is 1. The summed E-state index contributed by atoms with van der Waals surface area (Å²) in [5, 5.41) is 3.15. The molecule has 0 bridgehead atoms. The van der Waals surface area contributed by atoms with E-state index in [1.54, 1.807) is 6.92 Å². The summed E-state index contributed by atoms with van der Waals surface area (Å²) in [6, 6.07) is 25.5. The zero-order chi connectivity index (χ0) is 22.8. The van der Waals surface area contributed by atoms with Crippen LogP contribution >= 0.6 is 0 Å². The molecule has 0 unspecified atom stereocenters. The van der Waals surface area contributed by atoms with E-state index in [4.69, 9.17) is 0 Å². The molecule has 6 nitrogen and oxygen atoms in total. The Kier molecular flexibility index (Phi) is 5.42. The molecule has 4 aromatic rings. The number of carbonyl (C=O) groups excluding carboxylic acids is 2. The summed E-state index contributed by atoms with van der Waals surface area (Å²) in [7, 11) is 0. The van der Waals surface area contributed by atoms with Gasteiger partial charge in [-0.1, -0.05) is 54.6 Å². The van der Waals surface area contributed by atoms with Crippen molar-refractivity contribution in [2.24, 2.45) is 0 Å². The minimum atomic E-state index is -0.678. The van der Waals surface area contributed by atoms with Crippen LogP contribution in [0, 0.1) is 0 Å². The SMILES string of the molecule is CC(=O)N1CCC(C(=O)Nc2cccc(-c3nc4ccccc4[nH]3)c2)(c2ccccc2)CC1. The molecule has 1 aliphatic heterocycles. The fraction of sp³-hybridized carbons (Fsp3) is 0.222. The number of carbonyl (C=O) groups is 2. The van der Waals surface area contributed by atoms with Crippen molar-refractivity contribution in [3.8, 4) is 11.4 Å². The lowest BCUT2D eigenvalue weighted by Crippen LogP contribution is -2.50. The Morgan fingerprint density at radius 2 is 1.67 bits per heavy atom. The molecule has 0 spiro atoms. The normalized spacial score (nSPS) is 15.4. The van der Waals surface area contributed by atoms with Gasteiger partial charge in [0.15, 0.2) is 0 Å². The number of hydrogen-bond acceptors (Lipinski definition) is 3. The Labute approximate surface area is 192 Å². The number of imidazole rings is 1. The maximum Gasteiger partial charge on any atom is 0.235 e. The van der Waals surface area contributed by atoms with Crippen LogP contribution < -0.4 is 5.32 Å². The first-order chi connectivity index (χ1) is 16.0. The summed E-state index contributed by atoms with van der Waals surface area (Å²) in [5.74, 6) is 0.772. The molecular weight excluding hydrogens is 412 g/mol. The minimum Gasteiger partial charge on any atom is -0.343 e. The Morgan fingerprint density at radius 3 is 2.39 bits per heavy atom. The van der Waals surface area contributed by atoms with Gasteiger partial charge in [-0.25, -0.2) is 4.98 Å². The first kappa shape index (κ1) is 20.9. The standard InChI is InChI=1S/C27H26N4O2/c1-19(32)31-16-14-27(15-17-31,21-9-3-2-4-10-21)26(33)28-22-11-7-8-20(18-22)25-29-23-12-5-6-13-24(23)30-25/h2-13,18H,14-17H2,1H3,(H,28,33)(H,29,30). The van der Waals surface area contributed by atoms with Gasteiger partial charge in [-0.15, -0.1) is 0 Å². The highest BCUT2D eigenvalue weighted by Crippen LogP contribution is 2.37. The number of aromatic nitrogens is 2. The van der Waals surface area contributed by atoms with Crippen LogP contribution in [0.3, 0.4) is 0 Å². The molecule has 6 heteroatoms. The van der Waals surface area contributed by atoms with Crippen molar-refractivity contribution < 1.29 is 9.59 Å². The van der Waals surface area contributed by atoms with Gasteiger partial charge in [0.2, 0.25) is 11.8 Å². The highest BCUT2D eigenvalue weighted by atomic mass is 16.2. The van der Waals surface area contributed by atoms with Crippen LogP contribution in [0.15, 0.2) is 78.9 Å². The average molecular weight is 439 g/mol. The molecule has 0 atom stereocenters. The molecule has 0 aliphatic carbocycles. The molecule has 166 valence electrons. The first-order valence-corrected chi connectivity index (χ1v) is 11.2. The molecule has 2 amide bonds. The van der Waals surface area contributed by atoms with E-state index in [0.29, 0.717) is 25.9 Å². The van der Waals surface area contributed by atoms with Crippen LogP contribution in [0.5, 0.6) is 0 Å².